The Balaban J connectivity index is 1.96. The van der Waals surface area contributed by atoms with Gasteiger partial charge in [0, 0.05) is 11.5 Å². The number of carbonyl (C=O) groups is 2. The second-order valence-electron chi connectivity index (χ2n) is 7.76. The molecule has 1 aliphatic heterocycles. The molecule has 1 unspecified atom stereocenters. The van der Waals surface area contributed by atoms with Crippen LogP contribution in [0.1, 0.15) is 84.5 Å². The fraction of sp³-hybridized carbons (Fsp3) is 0.609. The van der Waals surface area contributed by atoms with Crippen LogP contribution in [0, 0.1) is 17.2 Å². The molecule has 0 saturated carbocycles. The zero-order valence-corrected chi connectivity index (χ0v) is 17.6. The molecule has 0 saturated heterocycles. The van der Waals surface area contributed by atoms with Gasteiger partial charge in [0.05, 0.1) is 11.1 Å². The van der Waals surface area contributed by atoms with Crippen LogP contribution in [-0.4, -0.2) is 16.7 Å². The number of nitrogens with zero attached hydrogens (tertiary/aromatic N) is 1. The van der Waals surface area contributed by atoms with Gasteiger partial charge in [-0.15, -0.1) is 0 Å². The number of ether oxygens (including phenoxy) is 1. The van der Waals surface area contributed by atoms with Gasteiger partial charge in [0.25, 0.3) is 0 Å². The van der Waals surface area contributed by atoms with E-state index < -0.39 is 23.2 Å². The maximum atomic E-state index is 12.9. The third-order valence-electron chi connectivity index (χ3n) is 5.70. The van der Waals surface area contributed by atoms with Gasteiger partial charge < -0.3 is 15.6 Å². The summed E-state index contributed by atoms with van der Waals surface area (Å²) in [6.07, 6.45) is 10.9. The molecule has 6 heteroatoms. The molecular formula is C23H32N2O4. The van der Waals surface area contributed by atoms with E-state index in [2.05, 4.69) is 6.92 Å². The first-order valence-electron chi connectivity index (χ1n) is 10.8. The van der Waals surface area contributed by atoms with Crippen LogP contribution < -0.4 is 5.73 Å². The summed E-state index contributed by atoms with van der Waals surface area (Å²) in [5, 5.41) is 19.7. The third-order valence-corrected chi connectivity index (χ3v) is 5.70. The molecule has 1 atom stereocenters. The van der Waals surface area contributed by atoms with Gasteiger partial charge in [0.15, 0.2) is 11.5 Å². The Bertz CT molecular complexity index is 783. The normalized spacial score (nSPS) is 19.4. The van der Waals surface area contributed by atoms with Crippen molar-refractivity contribution in [3.8, 4) is 6.07 Å². The second kappa shape index (κ2) is 10.8. The van der Waals surface area contributed by atoms with E-state index in [4.69, 9.17) is 10.5 Å². The Morgan fingerprint density at radius 1 is 1.00 bits per heavy atom. The quantitative estimate of drug-likeness (QED) is 0.377. The predicted octanol–water partition coefficient (Wildman–Crippen LogP) is 4.88. The molecular weight excluding hydrogens is 368 g/mol. The van der Waals surface area contributed by atoms with Crippen molar-refractivity contribution in [3.05, 3.63) is 34.1 Å². The average molecular weight is 401 g/mol. The maximum absolute atomic E-state index is 12.9. The summed E-state index contributed by atoms with van der Waals surface area (Å²) in [4.78, 5) is 25.6. The SMILES string of the molecule is CCCCCCCCCCCC1=C(O)C(=O)C2=C(OC(N)=C(C#N)C2CC)C1=O. The number of carbonyl (C=O) groups excluding carboxylic acids is 2. The van der Waals surface area contributed by atoms with Crippen LogP contribution in [-0.2, 0) is 14.3 Å². The molecule has 0 fully saturated rings. The minimum absolute atomic E-state index is 0.0524. The molecule has 3 N–H and O–H groups in total. The van der Waals surface area contributed by atoms with E-state index in [1.807, 2.05) is 6.07 Å². The van der Waals surface area contributed by atoms with E-state index >= 15 is 0 Å². The molecule has 0 amide bonds. The second-order valence-corrected chi connectivity index (χ2v) is 7.76. The van der Waals surface area contributed by atoms with Crippen molar-refractivity contribution in [2.45, 2.75) is 84.5 Å². The first-order valence-corrected chi connectivity index (χ1v) is 10.8. The molecule has 29 heavy (non-hydrogen) atoms. The Hall–Kier alpha value is -2.55. The topological polar surface area (TPSA) is 113 Å². The Kier molecular flexibility index (Phi) is 8.50. The van der Waals surface area contributed by atoms with E-state index in [9.17, 15) is 20.0 Å². The summed E-state index contributed by atoms with van der Waals surface area (Å²) < 4.78 is 5.38. The number of hydrogen-bond donors (Lipinski definition) is 2. The van der Waals surface area contributed by atoms with Crippen LogP contribution in [0.3, 0.4) is 0 Å². The van der Waals surface area contributed by atoms with E-state index in [-0.39, 0.29) is 28.4 Å². The molecule has 1 heterocycles. The van der Waals surface area contributed by atoms with Crippen LogP contribution in [0.15, 0.2) is 34.1 Å². The monoisotopic (exact) mass is 400 g/mol. The van der Waals surface area contributed by atoms with Gasteiger partial charge >= 0.3 is 0 Å². The number of unbranched alkanes of at least 4 members (excludes halogenated alkanes) is 8. The molecule has 0 spiro atoms. The van der Waals surface area contributed by atoms with E-state index in [1.165, 1.54) is 32.1 Å². The Morgan fingerprint density at radius 3 is 2.14 bits per heavy atom. The van der Waals surface area contributed by atoms with Crippen molar-refractivity contribution in [1.29, 1.82) is 5.26 Å². The lowest BCUT2D eigenvalue weighted by Gasteiger charge is -2.29. The van der Waals surface area contributed by atoms with Gasteiger partial charge in [-0.2, -0.15) is 5.26 Å². The summed E-state index contributed by atoms with van der Waals surface area (Å²) in [7, 11) is 0. The first-order chi connectivity index (χ1) is 14.0. The third kappa shape index (κ3) is 5.09. The van der Waals surface area contributed by atoms with Gasteiger partial charge in [-0.3, -0.25) is 9.59 Å². The predicted molar refractivity (Wildman–Crippen MR) is 110 cm³/mol. The number of rotatable bonds is 11. The van der Waals surface area contributed by atoms with E-state index in [1.54, 1.807) is 6.92 Å². The lowest BCUT2D eigenvalue weighted by atomic mass is 9.79. The smallest absolute Gasteiger partial charge is 0.228 e. The molecule has 0 radical (unpaired) electrons. The van der Waals surface area contributed by atoms with Crippen molar-refractivity contribution in [2.75, 3.05) is 0 Å². The fourth-order valence-corrected chi connectivity index (χ4v) is 4.02. The van der Waals surface area contributed by atoms with Crippen LogP contribution in [0.2, 0.25) is 0 Å². The summed E-state index contributed by atoms with van der Waals surface area (Å²) in [5.74, 6) is -2.51. The number of hydrogen-bond acceptors (Lipinski definition) is 6. The lowest BCUT2D eigenvalue weighted by molar-refractivity contribution is -0.121. The molecule has 2 rings (SSSR count). The highest BCUT2D eigenvalue weighted by Gasteiger charge is 2.43. The number of aliphatic hydroxyl groups excluding tert-OH is 1. The maximum Gasteiger partial charge on any atom is 0.228 e. The molecule has 6 nitrogen and oxygen atoms in total. The van der Waals surface area contributed by atoms with Gasteiger partial charge in [-0.25, -0.2) is 0 Å². The molecule has 1 aliphatic carbocycles. The van der Waals surface area contributed by atoms with Crippen LogP contribution >= 0.6 is 0 Å². The summed E-state index contributed by atoms with van der Waals surface area (Å²) in [6.45, 7) is 4.00. The van der Waals surface area contributed by atoms with Crippen LogP contribution in [0.25, 0.3) is 0 Å². The summed E-state index contributed by atoms with van der Waals surface area (Å²) in [6, 6.07) is 1.95. The summed E-state index contributed by atoms with van der Waals surface area (Å²) >= 11 is 0. The largest absolute Gasteiger partial charge is 0.504 e. The standard InChI is InChI=1S/C23H32N2O4/c1-3-5-6-7-8-9-10-11-12-13-16-19(26)21(28)18-15(4-2)17(14-24)23(25)29-22(18)20(16)27/h15,26H,3-13,25H2,1-2H3. The van der Waals surface area contributed by atoms with Gasteiger partial charge in [0.1, 0.15) is 6.07 Å². The van der Waals surface area contributed by atoms with E-state index in [0.29, 0.717) is 12.8 Å². The van der Waals surface area contributed by atoms with Crippen molar-refractivity contribution in [2.24, 2.45) is 11.7 Å². The molecule has 158 valence electrons. The Labute approximate surface area is 173 Å². The zero-order chi connectivity index (χ0) is 21.4. The van der Waals surface area contributed by atoms with Gasteiger partial charge in [-0.1, -0.05) is 65.2 Å². The lowest BCUT2D eigenvalue weighted by Crippen LogP contribution is -2.34. The van der Waals surface area contributed by atoms with Crippen molar-refractivity contribution < 1.29 is 19.4 Å². The van der Waals surface area contributed by atoms with E-state index in [0.717, 1.165) is 25.7 Å². The molecule has 2 aliphatic rings. The number of Topliss-reactive ketones (excluding diaryl/α,β-unsaturated/α-hetero) is 2. The zero-order valence-electron chi connectivity index (χ0n) is 17.6. The minimum atomic E-state index is -0.628. The molecule has 0 aromatic rings. The van der Waals surface area contributed by atoms with Gasteiger partial charge in [-0.05, 0) is 19.3 Å². The number of nitrogens with two attached hydrogens (primary N) is 1. The van der Waals surface area contributed by atoms with Crippen molar-refractivity contribution in [3.63, 3.8) is 0 Å². The first kappa shape index (κ1) is 22.7. The molecule has 0 bridgehead atoms. The fourth-order valence-electron chi connectivity index (χ4n) is 4.02. The number of ketones is 2. The minimum Gasteiger partial charge on any atom is -0.504 e. The van der Waals surface area contributed by atoms with Crippen LogP contribution in [0.4, 0.5) is 0 Å². The molecule has 0 aromatic carbocycles. The number of allylic oxidation sites excluding steroid dienone is 3. The highest BCUT2D eigenvalue weighted by Crippen LogP contribution is 2.40. The molecule has 0 aromatic heterocycles. The number of nitriles is 1. The highest BCUT2D eigenvalue weighted by molar-refractivity contribution is 6.24. The number of aliphatic hydroxyl groups is 1. The van der Waals surface area contributed by atoms with Crippen molar-refractivity contribution >= 4 is 11.6 Å². The van der Waals surface area contributed by atoms with Crippen molar-refractivity contribution in [1.82, 2.24) is 0 Å². The highest BCUT2D eigenvalue weighted by atomic mass is 16.5. The van der Waals surface area contributed by atoms with Crippen LogP contribution in [0.5, 0.6) is 0 Å². The van der Waals surface area contributed by atoms with Gasteiger partial charge in [0.2, 0.25) is 17.4 Å². The summed E-state index contributed by atoms with van der Waals surface area (Å²) in [5.41, 5.74) is 6.08. The Morgan fingerprint density at radius 2 is 1.59 bits per heavy atom. The average Bonchev–Trinajstić information content (AvgIpc) is 2.72.